The third-order valence-electron chi connectivity index (χ3n) is 3.15. The molecule has 1 fully saturated rings. The molecule has 0 radical (unpaired) electrons. The molecule has 1 heterocycles. The molecule has 1 aromatic carbocycles. The molecule has 1 aromatic rings. The topological polar surface area (TPSA) is 55.6 Å². The Morgan fingerprint density at radius 1 is 1.44 bits per heavy atom. The Morgan fingerprint density at radius 2 is 2.11 bits per heavy atom. The van der Waals surface area contributed by atoms with Gasteiger partial charge in [-0.1, -0.05) is 0 Å². The third kappa shape index (κ3) is 3.23. The summed E-state index contributed by atoms with van der Waals surface area (Å²) >= 11 is 3.34. The summed E-state index contributed by atoms with van der Waals surface area (Å²) in [5.41, 5.74) is 6.74. The van der Waals surface area contributed by atoms with E-state index in [9.17, 15) is 4.79 Å². The second-order valence-electron chi connectivity index (χ2n) is 4.65. The van der Waals surface area contributed by atoms with Gasteiger partial charge in [0.05, 0.1) is 5.56 Å². The van der Waals surface area contributed by atoms with Crippen LogP contribution in [0.1, 0.15) is 23.2 Å². The zero-order valence-corrected chi connectivity index (χ0v) is 11.9. The first-order valence-electron chi connectivity index (χ1n) is 6.01. The van der Waals surface area contributed by atoms with E-state index in [4.69, 9.17) is 10.5 Å². The molecule has 0 bridgehead atoms. The van der Waals surface area contributed by atoms with Gasteiger partial charge in [-0.25, -0.2) is 4.79 Å². The maximum atomic E-state index is 12.0. The van der Waals surface area contributed by atoms with Crippen molar-refractivity contribution in [1.82, 2.24) is 4.90 Å². The van der Waals surface area contributed by atoms with Crippen LogP contribution >= 0.6 is 15.9 Å². The van der Waals surface area contributed by atoms with Gasteiger partial charge in [0.25, 0.3) is 0 Å². The molecule has 18 heavy (non-hydrogen) atoms. The number of halogens is 1. The zero-order chi connectivity index (χ0) is 13.1. The number of ether oxygens (including phenoxy) is 1. The van der Waals surface area contributed by atoms with Crippen LogP contribution in [0.4, 0.5) is 5.69 Å². The lowest BCUT2D eigenvalue weighted by molar-refractivity contribution is 0.0138. The highest BCUT2D eigenvalue weighted by atomic mass is 79.9. The molecule has 2 rings (SSSR count). The number of hydrogen-bond donors (Lipinski definition) is 1. The van der Waals surface area contributed by atoms with Crippen LogP contribution in [0.25, 0.3) is 0 Å². The van der Waals surface area contributed by atoms with Gasteiger partial charge < -0.3 is 15.4 Å². The van der Waals surface area contributed by atoms with E-state index in [1.807, 2.05) is 0 Å². The van der Waals surface area contributed by atoms with Gasteiger partial charge in [-0.05, 0) is 54.0 Å². The molecule has 0 saturated carbocycles. The molecule has 0 unspecified atom stereocenters. The lowest BCUT2D eigenvalue weighted by Crippen LogP contribution is -2.35. The summed E-state index contributed by atoms with van der Waals surface area (Å²) in [5, 5.41) is 0. The van der Waals surface area contributed by atoms with Crippen molar-refractivity contribution in [2.75, 3.05) is 25.9 Å². The fourth-order valence-electron chi connectivity index (χ4n) is 2.02. The summed E-state index contributed by atoms with van der Waals surface area (Å²) in [5.74, 6) is -0.302. The van der Waals surface area contributed by atoms with Crippen molar-refractivity contribution in [2.24, 2.45) is 0 Å². The molecule has 0 atom stereocenters. The molecule has 4 nitrogen and oxygen atoms in total. The molecule has 98 valence electrons. The predicted octanol–water partition coefficient (Wildman–Crippen LogP) is 2.28. The molecule has 0 amide bonds. The minimum atomic E-state index is -0.302. The van der Waals surface area contributed by atoms with Gasteiger partial charge in [0.15, 0.2) is 0 Å². The number of anilines is 1. The van der Waals surface area contributed by atoms with Gasteiger partial charge >= 0.3 is 5.97 Å². The second kappa shape index (κ2) is 5.71. The molecule has 2 N–H and O–H groups in total. The summed E-state index contributed by atoms with van der Waals surface area (Å²) < 4.78 is 6.23. The Kier molecular flexibility index (Phi) is 4.24. The van der Waals surface area contributed by atoms with Crippen LogP contribution in [0.5, 0.6) is 0 Å². The Hall–Kier alpha value is -1.07. The highest BCUT2D eigenvalue weighted by Gasteiger charge is 2.22. The molecular formula is C13H17BrN2O2. The zero-order valence-electron chi connectivity index (χ0n) is 10.4. The van der Waals surface area contributed by atoms with Crippen molar-refractivity contribution in [3.05, 3.63) is 28.2 Å². The average Bonchev–Trinajstić information content (AvgIpc) is 2.35. The van der Waals surface area contributed by atoms with Crippen LogP contribution in [0, 0.1) is 0 Å². The first-order chi connectivity index (χ1) is 8.56. The normalized spacial score (nSPS) is 17.7. The molecule has 5 heteroatoms. The van der Waals surface area contributed by atoms with Crippen LogP contribution in [-0.2, 0) is 4.74 Å². The van der Waals surface area contributed by atoms with Gasteiger partial charge in [-0.15, -0.1) is 0 Å². The number of rotatable bonds is 2. The molecule has 1 saturated heterocycles. The van der Waals surface area contributed by atoms with Gasteiger partial charge in [-0.3, -0.25) is 0 Å². The fraction of sp³-hybridized carbons (Fsp3) is 0.462. The van der Waals surface area contributed by atoms with Crippen molar-refractivity contribution in [3.8, 4) is 0 Å². The minimum absolute atomic E-state index is 0.0158. The SMILES string of the molecule is CN1CCC(OC(=O)c2cc(N)ccc2Br)CC1. The van der Waals surface area contributed by atoms with Crippen molar-refractivity contribution in [3.63, 3.8) is 0 Å². The number of benzene rings is 1. The van der Waals surface area contributed by atoms with Gasteiger partial charge in [0.2, 0.25) is 0 Å². The highest BCUT2D eigenvalue weighted by molar-refractivity contribution is 9.10. The van der Waals surface area contributed by atoms with E-state index in [1.165, 1.54) is 0 Å². The Morgan fingerprint density at radius 3 is 2.78 bits per heavy atom. The van der Waals surface area contributed by atoms with Crippen LogP contribution in [0.3, 0.4) is 0 Å². The van der Waals surface area contributed by atoms with Crippen LogP contribution in [0.2, 0.25) is 0 Å². The lowest BCUT2D eigenvalue weighted by Gasteiger charge is -2.28. The van der Waals surface area contributed by atoms with E-state index in [1.54, 1.807) is 18.2 Å². The molecule has 1 aliphatic heterocycles. The van der Waals surface area contributed by atoms with E-state index in [2.05, 4.69) is 27.9 Å². The summed E-state index contributed by atoms with van der Waals surface area (Å²) in [4.78, 5) is 14.3. The summed E-state index contributed by atoms with van der Waals surface area (Å²) in [7, 11) is 2.08. The number of esters is 1. The lowest BCUT2D eigenvalue weighted by atomic mass is 10.1. The van der Waals surface area contributed by atoms with E-state index in [0.717, 1.165) is 30.4 Å². The number of likely N-dealkylation sites (tertiary alicyclic amines) is 1. The number of carbonyl (C=O) groups excluding carboxylic acids is 1. The summed E-state index contributed by atoms with van der Waals surface area (Å²) in [6.45, 7) is 1.94. The minimum Gasteiger partial charge on any atom is -0.459 e. The van der Waals surface area contributed by atoms with E-state index in [0.29, 0.717) is 11.3 Å². The van der Waals surface area contributed by atoms with Gasteiger partial charge in [-0.2, -0.15) is 0 Å². The predicted molar refractivity (Wildman–Crippen MR) is 74.5 cm³/mol. The van der Waals surface area contributed by atoms with Crippen LogP contribution < -0.4 is 5.73 Å². The number of hydrogen-bond acceptors (Lipinski definition) is 4. The summed E-state index contributed by atoms with van der Waals surface area (Å²) in [6.07, 6.45) is 1.80. The number of nitrogens with zero attached hydrogens (tertiary/aromatic N) is 1. The smallest absolute Gasteiger partial charge is 0.339 e. The first kappa shape index (κ1) is 13.4. The van der Waals surface area contributed by atoms with E-state index in [-0.39, 0.29) is 12.1 Å². The quantitative estimate of drug-likeness (QED) is 0.672. The van der Waals surface area contributed by atoms with Crippen LogP contribution in [-0.4, -0.2) is 37.1 Å². The molecule has 0 aliphatic carbocycles. The van der Waals surface area contributed by atoms with Gasteiger partial charge in [0, 0.05) is 23.2 Å². The molecule has 1 aliphatic rings. The maximum Gasteiger partial charge on any atom is 0.339 e. The van der Waals surface area contributed by atoms with E-state index < -0.39 is 0 Å². The van der Waals surface area contributed by atoms with Gasteiger partial charge in [0.1, 0.15) is 6.10 Å². The molecule has 0 aromatic heterocycles. The molecule has 0 spiro atoms. The molecular weight excluding hydrogens is 296 g/mol. The largest absolute Gasteiger partial charge is 0.459 e. The Balaban J connectivity index is 2.01. The summed E-state index contributed by atoms with van der Waals surface area (Å²) in [6, 6.07) is 5.15. The second-order valence-corrected chi connectivity index (χ2v) is 5.50. The number of carbonyl (C=O) groups is 1. The Labute approximate surface area is 115 Å². The third-order valence-corrected chi connectivity index (χ3v) is 3.84. The number of nitrogens with two attached hydrogens (primary N) is 1. The Bertz CT molecular complexity index is 443. The number of nitrogen functional groups attached to an aromatic ring is 1. The van der Waals surface area contributed by atoms with Crippen molar-refractivity contribution in [2.45, 2.75) is 18.9 Å². The van der Waals surface area contributed by atoms with Crippen LogP contribution in [0.15, 0.2) is 22.7 Å². The monoisotopic (exact) mass is 312 g/mol. The van der Waals surface area contributed by atoms with E-state index >= 15 is 0 Å². The maximum absolute atomic E-state index is 12.0. The average molecular weight is 313 g/mol. The first-order valence-corrected chi connectivity index (χ1v) is 6.80. The van der Waals surface area contributed by atoms with Crippen molar-refractivity contribution < 1.29 is 9.53 Å². The highest BCUT2D eigenvalue weighted by Crippen LogP contribution is 2.22. The van der Waals surface area contributed by atoms with Crippen molar-refractivity contribution >= 4 is 27.6 Å². The van der Waals surface area contributed by atoms with Crippen molar-refractivity contribution in [1.29, 1.82) is 0 Å². The standard InChI is InChI=1S/C13H17BrN2O2/c1-16-6-4-10(5-7-16)18-13(17)11-8-9(15)2-3-12(11)14/h2-3,8,10H,4-7,15H2,1H3. The fourth-order valence-corrected chi connectivity index (χ4v) is 2.43. The number of piperidine rings is 1.